The van der Waals surface area contributed by atoms with Crippen LogP contribution in [0.2, 0.25) is 0 Å². The molecule has 2 aromatic heterocycles. The van der Waals surface area contributed by atoms with Crippen molar-refractivity contribution < 1.29 is 14.3 Å². The molecule has 0 fully saturated rings. The number of amides is 2. The average Bonchev–Trinajstić information content (AvgIpc) is 3.33. The van der Waals surface area contributed by atoms with Crippen molar-refractivity contribution in [1.29, 1.82) is 0 Å². The van der Waals surface area contributed by atoms with Gasteiger partial charge in [-0.25, -0.2) is 4.52 Å². The molecule has 0 spiro atoms. The van der Waals surface area contributed by atoms with E-state index in [1.54, 1.807) is 47.9 Å². The van der Waals surface area contributed by atoms with Crippen molar-refractivity contribution >= 4 is 39.9 Å². The van der Waals surface area contributed by atoms with E-state index in [4.69, 9.17) is 4.74 Å². The number of ether oxygens (including phenoxy) is 1. The fraction of sp³-hybridized carbons (Fsp3) is 0.190. The predicted octanol–water partition coefficient (Wildman–Crippen LogP) is 2.88. The summed E-state index contributed by atoms with van der Waals surface area (Å²) in [6.07, 6.45) is 6.97. The first-order valence-electron chi connectivity index (χ1n) is 9.54. The third kappa shape index (κ3) is 3.21. The van der Waals surface area contributed by atoms with Crippen molar-refractivity contribution in [3.05, 3.63) is 54.1 Å². The van der Waals surface area contributed by atoms with Crippen LogP contribution in [0.15, 0.2) is 59.1 Å². The molecule has 1 N–H and O–H groups in total. The van der Waals surface area contributed by atoms with E-state index in [1.165, 1.54) is 11.3 Å². The van der Waals surface area contributed by atoms with E-state index >= 15 is 0 Å². The number of hydrogen-bond acceptors (Lipinski definition) is 7. The Labute approximate surface area is 181 Å². The number of allylic oxidation sites excluding steroid dienone is 2. The normalized spacial score (nSPS) is 20.0. The number of methoxy groups -OCH3 is 1. The van der Waals surface area contributed by atoms with Crippen LogP contribution in [0.1, 0.15) is 13.3 Å². The molecule has 1 atom stereocenters. The minimum Gasteiger partial charge on any atom is -0.497 e. The van der Waals surface area contributed by atoms with Crippen LogP contribution in [0.25, 0.3) is 16.2 Å². The van der Waals surface area contributed by atoms with E-state index in [-0.39, 0.29) is 24.2 Å². The first-order valence-corrected chi connectivity index (χ1v) is 10.4. The SMILES string of the molecule is COc1cccc(-c2csc3nc(NC(=O)C4(C)CC(=O)N=C5C=CC=CN54)nn23)c1. The Bertz CT molecular complexity index is 1300. The molecule has 0 saturated carbocycles. The summed E-state index contributed by atoms with van der Waals surface area (Å²) < 4.78 is 6.98. The van der Waals surface area contributed by atoms with Gasteiger partial charge in [-0.3, -0.25) is 14.9 Å². The molecular weight excluding hydrogens is 416 g/mol. The minimum atomic E-state index is -1.14. The Hall–Kier alpha value is -3.79. The van der Waals surface area contributed by atoms with Crippen molar-refractivity contribution in [1.82, 2.24) is 19.5 Å². The largest absolute Gasteiger partial charge is 0.497 e. The Morgan fingerprint density at radius 3 is 3.03 bits per heavy atom. The Morgan fingerprint density at radius 1 is 1.32 bits per heavy atom. The summed E-state index contributed by atoms with van der Waals surface area (Å²) >= 11 is 1.42. The summed E-state index contributed by atoms with van der Waals surface area (Å²) in [6, 6.07) is 7.63. The summed E-state index contributed by atoms with van der Waals surface area (Å²) in [5, 5.41) is 9.20. The number of anilines is 1. The molecule has 0 saturated heterocycles. The molecule has 4 heterocycles. The molecule has 10 heteroatoms. The predicted molar refractivity (Wildman–Crippen MR) is 117 cm³/mol. The number of rotatable bonds is 4. The molecule has 5 rings (SSSR count). The molecule has 0 radical (unpaired) electrons. The van der Waals surface area contributed by atoms with Gasteiger partial charge in [0.1, 0.15) is 17.1 Å². The van der Waals surface area contributed by atoms with Gasteiger partial charge in [0.25, 0.3) is 17.8 Å². The highest BCUT2D eigenvalue weighted by molar-refractivity contribution is 7.15. The van der Waals surface area contributed by atoms with Crippen LogP contribution in [0.3, 0.4) is 0 Å². The molecular formula is C21H18N6O3S. The summed E-state index contributed by atoms with van der Waals surface area (Å²) in [6.45, 7) is 1.71. The van der Waals surface area contributed by atoms with Crippen LogP contribution < -0.4 is 10.1 Å². The molecule has 0 aliphatic carbocycles. The van der Waals surface area contributed by atoms with Crippen LogP contribution >= 0.6 is 11.3 Å². The van der Waals surface area contributed by atoms with Gasteiger partial charge in [-0.2, -0.15) is 9.98 Å². The van der Waals surface area contributed by atoms with Gasteiger partial charge in [-0.1, -0.05) is 18.2 Å². The molecule has 31 heavy (non-hydrogen) atoms. The quantitative estimate of drug-likeness (QED) is 0.678. The third-order valence-corrected chi connectivity index (χ3v) is 6.08. The van der Waals surface area contributed by atoms with Crippen molar-refractivity contribution in [2.75, 3.05) is 12.4 Å². The van der Waals surface area contributed by atoms with Crippen molar-refractivity contribution in [3.63, 3.8) is 0 Å². The zero-order valence-electron chi connectivity index (χ0n) is 16.8. The van der Waals surface area contributed by atoms with E-state index in [1.807, 2.05) is 29.6 Å². The molecule has 1 unspecified atom stereocenters. The number of amidine groups is 1. The van der Waals surface area contributed by atoms with Crippen LogP contribution in [0.5, 0.6) is 5.75 Å². The molecule has 156 valence electrons. The summed E-state index contributed by atoms with van der Waals surface area (Å²) in [7, 11) is 1.62. The van der Waals surface area contributed by atoms with Crippen LogP contribution in [-0.4, -0.2) is 49.8 Å². The van der Waals surface area contributed by atoms with Gasteiger partial charge in [-0.15, -0.1) is 16.4 Å². The summed E-state index contributed by atoms with van der Waals surface area (Å²) in [4.78, 5) is 36.1. The topological polar surface area (TPSA) is 101 Å². The van der Waals surface area contributed by atoms with E-state index in [9.17, 15) is 9.59 Å². The maximum absolute atomic E-state index is 13.2. The molecule has 1 aromatic carbocycles. The van der Waals surface area contributed by atoms with Crippen LogP contribution in [-0.2, 0) is 9.59 Å². The van der Waals surface area contributed by atoms with Crippen LogP contribution in [0, 0.1) is 0 Å². The number of nitrogens with one attached hydrogen (secondary N) is 1. The van der Waals surface area contributed by atoms with Gasteiger partial charge >= 0.3 is 0 Å². The van der Waals surface area contributed by atoms with E-state index in [0.29, 0.717) is 10.8 Å². The van der Waals surface area contributed by atoms with Gasteiger partial charge in [-0.05, 0) is 31.2 Å². The smallest absolute Gasteiger partial charge is 0.253 e. The fourth-order valence-corrected chi connectivity index (χ4v) is 4.46. The second-order valence-corrected chi connectivity index (χ2v) is 8.16. The van der Waals surface area contributed by atoms with Gasteiger partial charge in [0.05, 0.1) is 19.2 Å². The first-order chi connectivity index (χ1) is 15.0. The highest BCUT2D eigenvalue weighted by atomic mass is 32.1. The Kier molecular flexibility index (Phi) is 4.44. The first kappa shape index (κ1) is 19.2. The zero-order valence-corrected chi connectivity index (χ0v) is 17.6. The standard InChI is InChI=1S/C21H18N6O3S/c1-21(11-17(28)22-16-8-3-4-9-26(16)21)18(29)23-19-24-20-27(25-19)15(12-31-20)13-6-5-7-14(10-13)30-2/h3-10,12H,11H2,1-2H3,(H,23,25,29). The fourth-order valence-electron chi connectivity index (χ4n) is 3.63. The number of carbonyl (C=O) groups excluding carboxylic acids is 2. The summed E-state index contributed by atoms with van der Waals surface area (Å²) in [5.41, 5.74) is 0.623. The lowest BCUT2D eigenvalue weighted by molar-refractivity contribution is -0.130. The van der Waals surface area contributed by atoms with Crippen molar-refractivity contribution in [3.8, 4) is 17.0 Å². The molecule has 2 aliphatic rings. The lowest BCUT2D eigenvalue weighted by Crippen LogP contribution is -2.58. The lowest BCUT2D eigenvalue weighted by atomic mass is 9.91. The maximum atomic E-state index is 13.2. The average molecular weight is 434 g/mol. The summed E-state index contributed by atoms with van der Waals surface area (Å²) in [5.74, 6) is 0.629. The number of benzene rings is 1. The van der Waals surface area contributed by atoms with Crippen LogP contribution in [0.4, 0.5) is 5.95 Å². The minimum absolute atomic E-state index is 0.0439. The lowest BCUT2D eigenvalue weighted by Gasteiger charge is -2.41. The number of nitrogens with zero attached hydrogens (tertiary/aromatic N) is 5. The van der Waals surface area contributed by atoms with Gasteiger partial charge in [0.2, 0.25) is 4.96 Å². The van der Waals surface area contributed by atoms with Gasteiger partial charge in [0, 0.05) is 17.1 Å². The molecule has 2 aliphatic heterocycles. The van der Waals surface area contributed by atoms with Gasteiger partial charge in [0.15, 0.2) is 0 Å². The zero-order chi connectivity index (χ0) is 21.6. The number of fused-ring (bicyclic) bond motifs is 2. The van der Waals surface area contributed by atoms with E-state index < -0.39 is 5.54 Å². The number of aromatic nitrogens is 3. The number of carbonyl (C=O) groups is 2. The van der Waals surface area contributed by atoms with E-state index in [0.717, 1.165) is 17.0 Å². The molecule has 9 nitrogen and oxygen atoms in total. The molecule has 0 bridgehead atoms. The number of aliphatic imine (C=N–C) groups is 1. The monoisotopic (exact) mass is 434 g/mol. The molecule has 3 aromatic rings. The number of thiazole rings is 1. The van der Waals surface area contributed by atoms with Crippen molar-refractivity contribution in [2.24, 2.45) is 4.99 Å². The second-order valence-electron chi connectivity index (χ2n) is 7.32. The maximum Gasteiger partial charge on any atom is 0.253 e. The second kappa shape index (κ2) is 7.17. The van der Waals surface area contributed by atoms with E-state index in [2.05, 4.69) is 20.4 Å². The highest BCUT2D eigenvalue weighted by Gasteiger charge is 2.45. The molecule has 2 amide bonds. The Balaban J connectivity index is 1.44. The highest BCUT2D eigenvalue weighted by Crippen LogP contribution is 2.31. The van der Waals surface area contributed by atoms with Crippen molar-refractivity contribution in [2.45, 2.75) is 18.9 Å². The van der Waals surface area contributed by atoms with Gasteiger partial charge < -0.3 is 9.64 Å². The third-order valence-electron chi connectivity index (χ3n) is 5.27. The number of hydrogen-bond donors (Lipinski definition) is 1. The Morgan fingerprint density at radius 2 is 2.19 bits per heavy atom.